The van der Waals surface area contributed by atoms with Gasteiger partial charge in [0.1, 0.15) is 17.3 Å². The second-order valence-electron chi connectivity index (χ2n) is 6.66. The minimum atomic E-state index is -0.255. The van der Waals surface area contributed by atoms with Crippen molar-refractivity contribution in [2.24, 2.45) is 0 Å². The van der Waals surface area contributed by atoms with Crippen LogP contribution >= 0.6 is 0 Å². The number of nitrogens with zero attached hydrogens (tertiary/aromatic N) is 1. The average molecular weight is 360 g/mol. The number of hydrogen-bond acceptors (Lipinski definition) is 4. The molecule has 0 spiro atoms. The smallest absolute Gasteiger partial charge is 0.287 e. The fourth-order valence-electron chi connectivity index (χ4n) is 3.12. The molecule has 1 aliphatic heterocycles. The summed E-state index contributed by atoms with van der Waals surface area (Å²) >= 11 is 0. The van der Waals surface area contributed by atoms with E-state index in [0.29, 0.717) is 18.1 Å². The van der Waals surface area contributed by atoms with E-state index >= 15 is 0 Å². The third-order valence-electron chi connectivity index (χ3n) is 4.59. The van der Waals surface area contributed by atoms with Crippen molar-refractivity contribution in [3.05, 3.63) is 53.7 Å². The Bertz CT molecular complexity index is 706. The number of piperidine rings is 1. The van der Waals surface area contributed by atoms with Crippen LogP contribution < -0.4 is 10.1 Å². The number of amides is 1. The van der Waals surface area contributed by atoms with Crippen LogP contribution in [0.15, 0.2) is 40.8 Å². The summed E-state index contributed by atoms with van der Waals surface area (Å²) < 4.78 is 23.8. The summed E-state index contributed by atoms with van der Waals surface area (Å²) in [7, 11) is 0. The predicted molar refractivity (Wildman–Crippen MR) is 96.9 cm³/mol. The van der Waals surface area contributed by atoms with Gasteiger partial charge in [0, 0.05) is 25.7 Å². The third-order valence-corrected chi connectivity index (χ3v) is 4.59. The maximum Gasteiger partial charge on any atom is 0.287 e. The summed E-state index contributed by atoms with van der Waals surface area (Å²) in [6.45, 7) is 5.31. The molecular formula is C20H25FN2O3. The maximum atomic E-state index is 12.8. The van der Waals surface area contributed by atoms with E-state index in [2.05, 4.69) is 10.2 Å². The van der Waals surface area contributed by atoms with Gasteiger partial charge >= 0.3 is 0 Å². The van der Waals surface area contributed by atoms with Crippen LogP contribution in [-0.2, 0) is 0 Å². The number of hydrogen-bond donors (Lipinski definition) is 1. The Kier molecular flexibility index (Phi) is 6.28. The van der Waals surface area contributed by atoms with Gasteiger partial charge in [-0.2, -0.15) is 0 Å². The molecule has 1 amide bonds. The summed E-state index contributed by atoms with van der Waals surface area (Å²) in [6, 6.07) is 9.79. The Balaban J connectivity index is 1.31. The first kappa shape index (κ1) is 18.5. The zero-order valence-electron chi connectivity index (χ0n) is 15.0. The lowest BCUT2D eigenvalue weighted by Gasteiger charge is -2.32. The fraction of sp³-hybridized carbons (Fsp3) is 0.450. The van der Waals surface area contributed by atoms with Crippen LogP contribution in [0.1, 0.15) is 35.6 Å². The number of likely N-dealkylation sites (tertiary alicyclic amines) is 1. The molecule has 1 saturated heterocycles. The molecule has 26 heavy (non-hydrogen) atoms. The summed E-state index contributed by atoms with van der Waals surface area (Å²) in [4.78, 5) is 14.5. The van der Waals surface area contributed by atoms with E-state index in [1.54, 1.807) is 24.3 Å². The van der Waals surface area contributed by atoms with Crippen molar-refractivity contribution in [3.63, 3.8) is 0 Å². The molecule has 0 aliphatic carbocycles. The largest absolute Gasteiger partial charge is 0.494 e. The van der Waals surface area contributed by atoms with Gasteiger partial charge in [-0.3, -0.25) is 4.79 Å². The van der Waals surface area contributed by atoms with Gasteiger partial charge in [0.25, 0.3) is 5.91 Å². The van der Waals surface area contributed by atoms with Crippen molar-refractivity contribution in [2.45, 2.75) is 32.2 Å². The van der Waals surface area contributed by atoms with Crippen molar-refractivity contribution in [2.75, 3.05) is 26.2 Å². The van der Waals surface area contributed by atoms with Crippen LogP contribution in [0.4, 0.5) is 4.39 Å². The number of carbonyl (C=O) groups excluding carboxylic acids is 1. The lowest BCUT2D eigenvalue weighted by molar-refractivity contribution is 0.0880. The Hall–Kier alpha value is -2.34. The van der Waals surface area contributed by atoms with E-state index in [9.17, 15) is 9.18 Å². The fourth-order valence-corrected chi connectivity index (χ4v) is 3.12. The number of furan rings is 1. The summed E-state index contributed by atoms with van der Waals surface area (Å²) in [5.74, 6) is 1.43. The number of benzene rings is 1. The van der Waals surface area contributed by atoms with Crippen molar-refractivity contribution in [1.29, 1.82) is 0 Å². The second kappa shape index (κ2) is 8.85. The first-order valence-electron chi connectivity index (χ1n) is 9.08. The number of aryl methyl sites for hydroxylation is 1. The molecule has 2 heterocycles. The molecule has 5 nitrogen and oxygen atoms in total. The van der Waals surface area contributed by atoms with Gasteiger partial charge in [-0.1, -0.05) is 0 Å². The summed E-state index contributed by atoms with van der Waals surface area (Å²) in [5, 5.41) is 3.05. The Morgan fingerprint density at radius 2 is 1.96 bits per heavy atom. The molecular weight excluding hydrogens is 335 g/mol. The quantitative estimate of drug-likeness (QED) is 0.769. The van der Waals surface area contributed by atoms with E-state index in [4.69, 9.17) is 9.15 Å². The van der Waals surface area contributed by atoms with Gasteiger partial charge in [0.2, 0.25) is 0 Å². The average Bonchev–Trinajstić information content (AvgIpc) is 3.08. The van der Waals surface area contributed by atoms with Crippen LogP contribution in [0.5, 0.6) is 5.75 Å². The molecule has 1 aromatic heterocycles. The van der Waals surface area contributed by atoms with E-state index in [-0.39, 0.29) is 17.8 Å². The predicted octanol–water partition coefficient (Wildman–Crippen LogP) is 3.39. The molecule has 6 heteroatoms. The van der Waals surface area contributed by atoms with Crippen LogP contribution in [0.2, 0.25) is 0 Å². The SMILES string of the molecule is Cc1ccc(C(=O)NC2CCN(CCCOc3ccc(F)cc3)CC2)o1. The van der Waals surface area contributed by atoms with Crippen LogP contribution in [0.3, 0.4) is 0 Å². The topological polar surface area (TPSA) is 54.7 Å². The number of nitrogens with one attached hydrogen (secondary N) is 1. The zero-order valence-corrected chi connectivity index (χ0v) is 15.0. The summed E-state index contributed by atoms with van der Waals surface area (Å²) in [6.07, 6.45) is 2.79. The molecule has 0 radical (unpaired) electrons. The molecule has 0 bridgehead atoms. The second-order valence-corrected chi connectivity index (χ2v) is 6.66. The highest BCUT2D eigenvalue weighted by Gasteiger charge is 2.21. The highest BCUT2D eigenvalue weighted by molar-refractivity contribution is 5.91. The number of carbonyl (C=O) groups is 1. The van der Waals surface area contributed by atoms with Gasteiger partial charge in [-0.05, 0) is 62.6 Å². The van der Waals surface area contributed by atoms with Crippen LogP contribution in [0.25, 0.3) is 0 Å². The first-order valence-corrected chi connectivity index (χ1v) is 9.08. The third kappa shape index (κ3) is 5.33. The van der Waals surface area contributed by atoms with Crippen molar-refractivity contribution in [3.8, 4) is 5.75 Å². The zero-order chi connectivity index (χ0) is 18.4. The molecule has 0 unspecified atom stereocenters. The monoisotopic (exact) mass is 360 g/mol. The number of halogens is 1. The molecule has 1 N–H and O–H groups in total. The van der Waals surface area contributed by atoms with Gasteiger partial charge in [0.15, 0.2) is 5.76 Å². The van der Waals surface area contributed by atoms with Crippen molar-refractivity contribution in [1.82, 2.24) is 10.2 Å². The molecule has 3 rings (SSSR count). The lowest BCUT2D eigenvalue weighted by Crippen LogP contribution is -2.44. The van der Waals surface area contributed by atoms with E-state index in [0.717, 1.165) is 44.7 Å². The van der Waals surface area contributed by atoms with Gasteiger partial charge < -0.3 is 19.4 Å². The van der Waals surface area contributed by atoms with Gasteiger partial charge in [0.05, 0.1) is 6.61 Å². The van der Waals surface area contributed by atoms with Crippen LogP contribution in [0, 0.1) is 12.7 Å². The highest BCUT2D eigenvalue weighted by Crippen LogP contribution is 2.14. The van der Waals surface area contributed by atoms with Crippen molar-refractivity contribution < 1.29 is 18.3 Å². The first-order chi connectivity index (χ1) is 12.6. The minimum absolute atomic E-state index is 0.135. The molecule has 0 atom stereocenters. The Labute approximate surface area is 153 Å². The number of rotatable bonds is 7. The summed E-state index contributed by atoms with van der Waals surface area (Å²) in [5.41, 5.74) is 0. The Morgan fingerprint density at radius 1 is 1.23 bits per heavy atom. The van der Waals surface area contributed by atoms with E-state index < -0.39 is 0 Å². The highest BCUT2D eigenvalue weighted by atomic mass is 19.1. The normalized spacial score (nSPS) is 15.8. The van der Waals surface area contributed by atoms with Crippen LogP contribution in [-0.4, -0.2) is 43.1 Å². The molecule has 1 aliphatic rings. The van der Waals surface area contributed by atoms with Gasteiger partial charge in [-0.25, -0.2) is 4.39 Å². The lowest BCUT2D eigenvalue weighted by atomic mass is 10.0. The maximum absolute atomic E-state index is 12.8. The Morgan fingerprint density at radius 3 is 2.62 bits per heavy atom. The van der Waals surface area contributed by atoms with E-state index in [1.165, 1.54) is 12.1 Å². The number of ether oxygens (including phenoxy) is 1. The van der Waals surface area contributed by atoms with E-state index in [1.807, 2.05) is 6.92 Å². The standard InChI is InChI=1S/C20H25FN2O3/c1-15-3-8-19(26-15)20(24)22-17-9-12-23(13-10-17)11-2-14-25-18-6-4-16(21)5-7-18/h3-8,17H,2,9-14H2,1H3,(H,22,24). The molecule has 0 saturated carbocycles. The molecule has 1 aromatic carbocycles. The minimum Gasteiger partial charge on any atom is -0.494 e. The van der Waals surface area contributed by atoms with Gasteiger partial charge in [-0.15, -0.1) is 0 Å². The molecule has 1 fully saturated rings. The van der Waals surface area contributed by atoms with Crippen molar-refractivity contribution >= 4 is 5.91 Å². The molecule has 140 valence electrons. The molecule has 2 aromatic rings.